The predicted molar refractivity (Wildman–Crippen MR) is 68.4 cm³/mol. The van der Waals surface area contributed by atoms with Crippen LogP contribution in [0.5, 0.6) is 0 Å². The van der Waals surface area contributed by atoms with E-state index in [-0.39, 0.29) is 5.03 Å². The summed E-state index contributed by atoms with van der Waals surface area (Å²) in [4.78, 5) is 25.3. The largest absolute Gasteiger partial charge is 0.477 e. The highest BCUT2D eigenvalue weighted by atomic mass is 32.2. The fourth-order valence-corrected chi connectivity index (χ4v) is 2.22. The fourth-order valence-electron chi connectivity index (χ4n) is 1.42. The first-order valence-electron chi connectivity index (χ1n) is 5.28. The Balaban J connectivity index is 2.34. The zero-order valence-electron chi connectivity index (χ0n) is 9.82. The van der Waals surface area contributed by atoms with Crippen molar-refractivity contribution in [2.75, 3.05) is 0 Å². The van der Waals surface area contributed by atoms with Crippen molar-refractivity contribution in [2.24, 2.45) is 0 Å². The average molecular weight is 294 g/mol. The summed E-state index contributed by atoms with van der Waals surface area (Å²) in [7, 11) is 0. The molecule has 1 aromatic heterocycles. The third-order valence-corrected chi connectivity index (χ3v) is 3.26. The Kier molecular flexibility index (Phi) is 3.94. The Morgan fingerprint density at radius 3 is 2.55 bits per heavy atom. The summed E-state index contributed by atoms with van der Waals surface area (Å²) in [6.07, 6.45) is 0.898. The Morgan fingerprint density at radius 2 is 2.00 bits per heavy atom. The van der Waals surface area contributed by atoms with Gasteiger partial charge in [0.15, 0.2) is 0 Å². The van der Waals surface area contributed by atoms with Crippen LogP contribution >= 0.6 is 11.8 Å². The van der Waals surface area contributed by atoms with Gasteiger partial charge in [0, 0.05) is 4.90 Å². The van der Waals surface area contributed by atoms with Gasteiger partial charge < -0.3 is 5.11 Å². The molecule has 0 aliphatic carbocycles. The lowest BCUT2D eigenvalue weighted by Crippen LogP contribution is -2.03. The van der Waals surface area contributed by atoms with Crippen LogP contribution < -0.4 is 0 Å². The topological polar surface area (TPSA) is 93.3 Å². The van der Waals surface area contributed by atoms with Crippen LogP contribution in [0.4, 0.5) is 10.1 Å². The second-order valence-electron chi connectivity index (χ2n) is 3.66. The van der Waals surface area contributed by atoms with Crippen molar-refractivity contribution >= 4 is 23.4 Å². The van der Waals surface area contributed by atoms with Gasteiger partial charge in [0.1, 0.15) is 22.6 Å². The number of aromatic carboxylic acids is 1. The van der Waals surface area contributed by atoms with Crippen molar-refractivity contribution in [1.29, 1.82) is 0 Å². The van der Waals surface area contributed by atoms with Crippen molar-refractivity contribution < 1.29 is 19.2 Å². The number of benzene rings is 1. The lowest BCUT2D eigenvalue weighted by molar-refractivity contribution is -0.385. The van der Waals surface area contributed by atoms with Gasteiger partial charge in [0.05, 0.1) is 4.92 Å². The van der Waals surface area contributed by atoms with Crippen molar-refractivity contribution in [3.8, 4) is 0 Å². The molecule has 0 atom stereocenters. The fraction of sp³-hybridized carbons (Fsp3) is 0. The van der Waals surface area contributed by atoms with E-state index in [1.165, 1.54) is 24.3 Å². The van der Waals surface area contributed by atoms with Crippen molar-refractivity contribution in [2.45, 2.75) is 9.92 Å². The molecule has 8 heteroatoms. The number of pyridine rings is 1. The van der Waals surface area contributed by atoms with Gasteiger partial charge in [-0.2, -0.15) is 0 Å². The highest BCUT2D eigenvalue weighted by Gasteiger charge is 2.21. The van der Waals surface area contributed by atoms with E-state index >= 15 is 0 Å². The van der Waals surface area contributed by atoms with E-state index in [1.54, 1.807) is 0 Å². The first kappa shape index (κ1) is 13.9. The first-order valence-corrected chi connectivity index (χ1v) is 6.10. The number of carboxylic acids is 1. The highest BCUT2D eigenvalue weighted by molar-refractivity contribution is 7.99. The summed E-state index contributed by atoms with van der Waals surface area (Å²) >= 11 is 1.08. The molecular formula is C12H7FN2O4S. The number of halogens is 1. The molecule has 102 valence electrons. The summed E-state index contributed by atoms with van der Waals surface area (Å²) in [5.74, 6) is -1.79. The number of hydrogen-bond acceptors (Lipinski definition) is 5. The molecule has 1 aromatic carbocycles. The molecule has 0 aliphatic rings. The summed E-state index contributed by atoms with van der Waals surface area (Å²) in [5.41, 5.74) is -1.00. The van der Waals surface area contributed by atoms with Crippen LogP contribution in [0.15, 0.2) is 46.5 Å². The van der Waals surface area contributed by atoms with Crippen molar-refractivity contribution in [3.05, 3.63) is 58.0 Å². The maximum atomic E-state index is 12.8. The Labute approximate surface area is 116 Å². The van der Waals surface area contributed by atoms with E-state index in [9.17, 15) is 19.3 Å². The molecule has 0 fully saturated rings. The third-order valence-electron chi connectivity index (χ3n) is 2.32. The van der Waals surface area contributed by atoms with E-state index < -0.39 is 28.0 Å². The highest BCUT2D eigenvalue weighted by Crippen LogP contribution is 2.29. The molecule has 0 saturated carbocycles. The van der Waals surface area contributed by atoms with E-state index in [4.69, 9.17) is 5.11 Å². The molecular weight excluding hydrogens is 287 g/mol. The number of carboxylic acid groups (broad SMARTS) is 1. The van der Waals surface area contributed by atoms with Crippen LogP contribution in [0.1, 0.15) is 10.4 Å². The zero-order chi connectivity index (χ0) is 14.7. The molecule has 0 amide bonds. The summed E-state index contributed by atoms with van der Waals surface area (Å²) in [6, 6.07) is 6.64. The number of nitrogens with zero attached hydrogens (tertiary/aromatic N) is 2. The number of nitro groups is 1. The quantitative estimate of drug-likeness (QED) is 0.688. The first-order chi connectivity index (χ1) is 9.47. The molecule has 2 aromatic rings. The molecule has 6 nitrogen and oxygen atoms in total. The van der Waals surface area contributed by atoms with Gasteiger partial charge in [-0.05, 0) is 30.3 Å². The molecule has 2 rings (SSSR count). The van der Waals surface area contributed by atoms with Crippen molar-refractivity contribution in [1.82, 2.24) is 4.98 Å². The van der Waals surface area contributed by atoms with Gasteiger partial charge in [0.25, 0.3) is 0 Å². The maximum absolute atomic E-state index is 12.8. The third kappa shape index (κ3) is 3.09. The zero-order valence-corrected chi connectivity index (χ0v) is 10.6. The molecule has 0 bridgehead atoms. The van der Waals surface area contributed by atoms with Crippen LogP contribution in [0.3, 0.4) is 0 Å². The molecule has 0 spiro atoms. The standard InChI is InChI=1S/C12H7FN2O4S/c13-7-1-3-8(4-2-7)20-11-5-9(12(16)17)10(6-14-11)15(18)19/h1-6H,(H,16,17). The molecule has 0 saturated heterocycles. The van der Waals surface area contributed by atoms with Gasteiger partial charge in [-0.3, -0.25) is 10.1 Å². The lowest BCUT2D eigenvalue weighted by atomic mass is 10.2. The second kappa shape index (κ2) is 5.66. The van der Waals surface area contributed by atoms with Crippen molar-refractivity contribution in [3.63, 3.8) is 0 Å². The van der Waals surface area contributed by atoms with E-state index in [1.807, 2.05) is 0 Å². The normalized spacial score (nSPS) is 10.2. The maximum Gasteiger partial charge on any atom is 0.342 e. The molecule has 1 N–H and O–H groups in total. The summed E-state index contributed by atoms with van der Waals surface area (Å²) in [5, 5.41) is 19.9. The monoisotopic (exact) mass is 294 g/mol. The van der Waals surface area contributed by atoms with Crippen LogP contribution in [-0.4, -0.2) is 21.0 Å². The minimum Gasteiger partial charge on any atom is -0.477 e. The summed E-state index contributed by atoms with van der Waals surface area (Å²) < 4.78 is 12.8. The summed E-state index contributed by atoms with van der Waals surface area (Å²) in [6.45, 7) is 0. The number of rotatable bonds is 4. The van der Waals surface area contributed by atoms with E-state index in [0.29, 0.717) is 4.90 Å². The molecule has 0 radical (unpaired) electrons. The smallest absolute Gasteiger partial charge is 0.342 e. The van der Waals surface area contributed by atoms with E-state index in [2.05, 4.69) is 4.98 Å². The van der Waals surface area contributed by atoms with Crippen LogP contribution in [0, 0.1) is 15.9 Å². The average Bonchev–Trinajstić information content (AvgIpc) is 2.41. The second-order valence-corrected chi connectivity index (χ2v) is 4.75. The Bertz CT molecular complexity index is 676. The Morgan fingerprint density at radius 1 is 1.35 bits per heavy atom. The molecule has 1 heterocycles. The van der Waals surface area contributed by atoms with Gasteiger partial charge in [-0.25, -0.2) is 14.2 Å². The van der Waals surface area contributed by atoms with Gasteiger partial charge in [0.2, 0.25) is 0 Å². The van der Waals surface area contributed by atoms with E-state index in [0.717, 1.165) is 24.0 Å². The molecule has 20 heavy (non-hydrogen) atoms. The SMILES string of the molecule is O=C(O)c1cc(Sc2ccc(F)cc2)ncc1[N+](=O)[O-]. The lowest BCUT2D eigenvalue weighted by Gasteiger charge is -2.03. The van der Waals surface area contributed by atoms with Gasteiger partial charge in [-0.1, -0.05) is 11.8 Å². The minimum atomic E-state index is -1.40. The van der Waals surface area contributed by atoms with Gasteiger partial charge in [-0.15, -0.1) is 0 Å². The molecule has 0 aliphatic heterocycles. The number of carbonyl (C=O) groups is 1. The van der Waals surface area contributed by atoms with Gasteiger partial charge >= 0.3 is 11.7 Å². The number of aromatic nitrogens is 1. The minimum absolute atomic E-state index is 0.277. The molecule has 0 unspecified atom stereocenters. The van der Waals surface area contributed by atoms with Crippen LogP contribution in [-0.2, 0) is 0 Å². The number of hydrogen-bond donors (Lipinski definition) is 1. The Hall–Kier alpha value is -2.48. The van der Waals surface area contributed by atoms with Crippen LogP contribution in [0.2, 0.25) is 0 Å². The van der Waals surface area contributed by atoms with Crippen LogP contribution in [0.25, 0.3) is 0 Å². The predicted octanol–water partition coefficient (Wildman–Crippen LogP) is 2.98.